The molecule has 0 spiro atoms. The lowest BCUT2D eigenvalue weighted by molar-refractivity contribution is 0.0508. The second kappa shape index (κ2) is 5.87. The van der Waals surface area contributed by atoms with Crippen molar-refractivity contribution in [2.45, 2.75) is 33.1 Å². The largest absolute Gasteiger partial charge is 0.460 e. The Morgan fingerprint density at radius 3 is 2.84 bits per heavy atom. The van der Waals surface area contributed by atoms with Gasteiger partial charge in [-0.15, -0.1) is 0 Å². The maximum atomic E-state index is 11.8. The maximum absolute atomic E-state index is 11.8. The topological polar surface area (TPSA) is 44.1 Å². The number of rotatable bonds is 5. The lowest BCUT2D eigenvalue weighted by Gasteiger charge is -2.02. The Balaban J connectivity index is 2.36. The fourth-order valence-corrected chi connectivity index (χ4v) is 2.16. The van der Waals surface area contributed by atoms with Crippen LogP contribution in [0.1, 0.15) is 42.9 Å². The number of hydrogen-bond donors (Lipinski definition) is 0. The van der Waals surface area contributed by atoms with Gasteiger partial charge in [-0.2, -0.15) is 0 Å². The highest BCUT2D eigenvalue weighted by Crippen LogP contribution is 2.18. The average Bonchev–Trinajstić information content (AvgIpc) is 2.74. The van der Waals surface area contributed by atoms with Crippen molar-refractivity contribution in [2.24, 2.45) is 7.05 Å². The zero-order chi connectivity index (χ0) is 13.8. The monoisotopic (exact) mass is 260 g/mol. The first-order chi connectivity index (χ1) is 9.17. The molecule has 2 rings (SSSR count). The molecule has 0 aliphatic rings. The number of aromatic nitrogens is 2. The van der Waals surface area contributed by atoms with Crippen LogP contribution < -0.4 is 0 Å². The molecule has 1 aromatic heterocycles. The summed E-state index contributed by atoms with van der Waals surface area (Å²) in [6.07, 6.45) is 3.40. The first-order valence-corrected chi connectivity index (χ1v) is 6.79. The van der Waals surface area contributed by atoms with Crippen molar-refractivity contribution in [2.75, 3.05) is 6.61 Å². The SMILES string of the molecule is CCCCc1ccc2c(c1)nc(C(=O)OCC)n2C. The zero-order valence-corrected chi connectivity index (χ0v) is 11.8. The normalized spacial score (nSPS) is 10.9. The van der Waals surface area contributed by atoms with Gasteiger partial charge in [-0.3, -0.25) is 0 Å². The number of benzene rings is 1. The third kappa shape index (κ3) is 2.78. The van der Waals surface area contributed by atoms with Crippen molar-refractivity contribution >= 4 is 17.0 Å². The van der Waals surface area contributed by atoms with Gasteiger partial charge in [0.05, 0.1) is 17.6 Å². The first kappa shape index (κ1) is 13.6. The van der Waals surface area contributed by atoms with Gasteiger partial charge in [0.15, 0.2) is 0 Å². The Bertz CT molecular complexity index is 587. The van der Waals surface area contributed by atoms with Gasteiger partial charge in [0.1, 0.15) is 0 Å². The highest BCUT2D eigenvalue weighted by atomic mass is 16.5. The molecular formula is C15H20N2O2. The molecule has 0 N–H and O–H groups in total. The number of unbranched alkanes of at least 4 members (excludes halogenated alkanes) is 1. The van der Waals surface area contributed by atoms with E-state index in [0.29, 0.717) is 12.4 Å². The van der Waals surface area contributed by atoms with Crippen LogP contribution in [0, 0.1) is 0 Å². The lowest BCUT2D eigenvalue weighted by Crippen LogP contribution is -2.11. The highest BCUT2D eigenvalue weighted by molar-refractivity contribution is 5.91. The molecule has 0 saturated heterocycles. The molecule has 19 heavy (non-hydrogen) atoms. The summed E-state index contributed by atoms with van der Waals surface area (Å²) in [7, 11) is 1.84. The summed E-state index contributed by atoms with van der Waals surface area (Å²) in [4.78, 5) is 16.2. The van der Waals surface area contributed by atoms with E-state index in [1.54, 1.807) is 11.5 Å². The molecular weight excluding hydrogens is 240 g/mol. The van der Waals surface area contributed by atoms with Crippen LogP contribution in [0.25, 0.3) is 11.0 Å². The Hall–Kier alpha value is -1.84. The van der Waals surface area contributed by atoms with Gasteiger partial charge < -0.3 is 9.30 Å². The van der Waals surface area contributed by atoms with Crippen molar-refractivity contribution in [3.63, 3.8) is 0 Å². The second-order valence-corrected chi connectivity index (χ2v) is 4.64. The summed E-state index contributed by atoms with van der Waals surface area (Å²) in [6, 6.07) is 6.19. The summed E-state index contributed by atoms with van der Waals surface area (Å²) in [5.74, 6) is 0.000740. The number of fused-ring (bicyclic) bond motifs is 1. The standard InChI is InChI=1S/C15H20N2O2/c1-4-6-7-11-8-9-13-12(10-11)16-14(17(13)3)15(18)19-5-2/h8-10H,4-7H2,1-3H3. The number of carbonyl (C=O) groups is 1. The minimum absolute atomic E-state index is 0.365. The maximum Gasteiger partial charge on any atom is 0.374 e. The molecule has 1 heterocycles. The number of aryl methyl sites for hydroxylation is 2. The van der Waals surface area contributed by atoms with Crippen molar-refractivity contribution in [3.05, 3.63) is 29.6 Å². The van der Waals surface area contributed by atoms with Crippen LogP contribution in [0.3, 0.4) is 0 Å². The molecule has 4 heteroatoms. The molecule has 2 aromatic rings. The van der Waals surface area contributed by atoms with Gasteiger partial charge in [-0.05, 0) is 37.5 Å². The van der Waals surface area contributed by atoms with Gasteiger partial charge in [0.25, 0.3) is 0 Å². The molecule has 1 aromatic carbocycles. The average molecular weight is 260 g/mol. The van der Waals surface area contributed by atoms with Crippen LogP contribution in [0.5, 0.6) is 0 Å². The van der Waals surface area contributed by atoms with E-state index in [1.807, 2.05) is 13.1 Å². The Morgan fingerprint density at radius 2 is 2.16 bits per heavy atom. The van der Waals surface area contributed by atoms with Crippen LogP contribution in [0.4, 0.5) is 0 Å². The van der Waals surface area contributed by atoms with Crippen LogP contribution in [0.15, 0.2) is 18.2 Å². The van der Waals surface area contributed by atoms with Gasteiger partial charge in [-0.25, -0.2) is 9.78 Å². The van der Waals surface area contributed by atoms with Crippen LogP contribution >= 0.6 is 0 Å². The van der Waals surface area contributed by atoms with E-state index >= 15 is 0 Å². The molecule has 0 unspecified atom stereocenters. The first-order valence-electron chi connectivity index (χ1n) is 6.79. The predicted octanol–water partition coefficient (Wildman–Crippen LogP) is 3.09. The molecule has 0 bridgehead atoms. The third-order valence-electron chi connectivity index (χ3n) is 3.22. The van der Waals surface area contributed by atoms with Crippen LogP contribution in [-0.4, -0.2) is 22.1 Å². The second-order valence-electron chi connectivity index (χ2n) is 4.64. The molecule has 0 fully saturated rings. The summed E-state index contributed by atoms with van der Waals surface area (Å²) < 4.78 is 6.80. The van der Waals surface area contributed by atoms with Crippen molar-refractivity contribution in [3.8, 4) is 0 Å². The van der Waals surface area contributed by atoms with Crippen molar-refractivity contribution in [1.82, 2.24) is 9.55 Å². The van der Waals surface area contributed by atoms with Crippen molar-refractivity contribution in [1.29, 1.82) is 0 Å². The molecule has 0 aliphatic heterocycles. The number of nitrogens with zero attached hydrogens (tertiary/aromatic N) is 2. The predicted molar refractivity (Wildman–Crippen MR) is 75.3 cm³/mol. The van der Waals surface area contributed by atoms with E-state index in [0.717, 1.165) is 17.5 Å². The number of ether oxygens (including phenoxy) is 1. The fraction of sp³-hybridized carbons (Fsp3) is 0.467. The third-order valence-corrected chi connectivity index (χ3v) is 3.22. The molecule has 102 valence electrons. The smallest absolute Gasteiger partial charge is 0.374 e. The summed E-state index contributed by atoms with van der Waals surface area (Å²) in [5.41, 5.74) is 3.09. The Kier molecular flexibility index (Phi) is 4.20. The molecule has 0 atom stereocenters. The zero-order valence-electron chi connectivity index (χ0n) is 11.8. The quantitative estimate of drug-likeness (QED) is 0.776. The minimum atomic E-state index is -0.365. The Morgan fingerprint density at radius 1 is 1.37 bits per heavy atom. The summed E-state index contributed by atoms with van der Waals surface area (Å²) in [5, 5.41) is 0. The number of esters is 1. The number of carbonyl (C=O) groups excluding carboxylic acids is 1. The van der Waals surface area contributed by atoms with Crippen LogP contribution in [-0.2, 0) is 18.2 Å². The van der Waals surface area contributed by atoms with Gasteiger partial charge >= 0.3 is 5.97 Å². The van der Waals surface area contributed by atoms with E-state index in [2.05, 4.69) is 24.0 Å². The van der Waals surface area contributed by atoms with Gasteiger partial charge in [0, 0.05) is 7.05 Å². The van der Waals surface area contributed by atoms with Gasteiger partial charge in [0.2, 0.25) is 5.82 Å². The molecule has 4 nitrogen and oxygen atoms in total. The Labute approximate surface area is 113 Å². The molecule has 0 saturated carbocycles. The van der Waals surface area contributed by atoms with Crippen LogP contribution in [0.2, 0.25) is 0 Å². The van der Waals surface area contributed by atoms with E-state index < -0.39 is 0 Å². The van der Waals surface area contributed by atoms with E-state index in [-0.39, 0.29) is 5.97 Å². The molecule has 0 aliphatic carbocycles. The van der Waals surface area contributed by atoms with Crippen molar-refractivity contribution < 1.29 is 9.53 Å². The fourth-order valence-electron chi connectivity index (χ4n) is 2.16. The number of hydrogen-bond acceptors (Lipinski definition) is 3. The highest BCUT2D eigenvalue weighted by Gasteiger charge is 2.16. The summed E-state index contributed by atoms with van der Waals surface area (Å²) in [6.45, 7) is 4.34. The van der Waals surface area contributed by atoms with E-state index in [1.165, 1.54) is 18.4 Å². The number of imidazole rings is 1. The van der Waals surface area contributed by atoms with Gasteiger partial charge in [-0.1, -0.05) is 19.4 Å². The summed E-state index contributed by atoms with van der Waals surface area (Å²) >= 11 is 0. The van der Waals surface area contributed by atoms with E-state index in [4.69, 9.17) is 4.74 Å². The van der Waals surface area contributed by atoms with E-state index in [9.17, 15) is 4.79 Å². The molecule has 0 radical (unpaired) electrons. The lowest BCUT2D eigenvalue weighted by atomic mass is 10.1. The minimum Gasteiger partial charge on any atom is -0.460 e. The molecule has 0 amide bonds.